The molecule has 0 aliphatic carbocycles. The number of carbonyl (C=O) groups excluding carboxylic acids is 3. The molecule has 2 N–H and O–H groups in total. The molecular weight excluding hydrogens is 171 g/mol. The molecule has 0 aromatic heterocycles. The first-order valence-electron chi connectivity index (χ1n) is 3.31. The van der Waals surface area contributed by atoms with Crippen molar-refractivity contribution in [1.29, 1.82) is 0 Å². The van der Waals surface area contributed by atoms with Crippen LogP contribution in [0.5, 0.6) is 0 Å². The van der Waals surface area contributed by atoms with Crippen LogP contribution in [-0.4, -0.2) is 47.4 Å². The van der Waals surface area contributed by atoms with Crippen molar-refractivity contribution in [3.05, 3.63) is 0 Å². The minimum Gasteiger partial charge on any atom is -0.277 e. The fourth-order valence-electron chi connectivity index (χ4n) is 0.919. The van der Waals surface area contributed by atoms with Crippen molar-refractivity contribution >= 4 is 47.4 Å². The maximum Gasteiger partial charge on any atom is 0.328 e. The van der Waals surface area contributed by atoms with E-state index in [4.69, 9.17) is 0 Å². The third-order valence-corrected chi connectivity index (χ3v) is 1.51. The maximum atomic E-state index is 10.9. The van der Waals surface area contributed by atoms with E-state index in [0.717, 1.165) is 0 Å². The van der Waals surface area contributed by atoms with Crippen LogP contribution in [-0.2, 0) is 9.59 Å². The number of hydrogen-bond acceptors (Lipinski definition) is 3. The van der Waals surface area contributed by atoms with Crippen LogP contribution in [0.4, 0.5) is 4.79 Å². The zero-order valence-corrected chi connectivity index (χ0v) is 9.01. The molecule has 1 saturated heterocycles. The topological polar surface area (TPSA) is 75.3 Å². The molecule has 6 heteroatoms. The second-order valence-electron chi connectivity index (χ2n) is 2.27. The molecule has 5 nitrogen and oxygen atoms in total. The minimum atomic E-state index is -0.732. The van der Waals surface area contributed by atoms with Crippen molar-refractivity contribution in [1.82, 2.24) is 10.6 Å². The fourth-order valence-corrected chi connectivity index (χ4v) is 0.919. The summed E-state index contributed by atoms with van der Waals surface area (Å²) in [5.41, 5.74) is 0. The molecule has 1 rings (SSSR count). The molecular formula is C6H8N2NaO3. The Bertz CT molecular complexity index is 209. The van der Waals surface area contributed by atoms with Crippen molar-refractivity contribution in [2.45, 2.75) is 13.3 Å². The Morgan fingerprint density at radius 3 is 1.92 bits per heavy atom. The van der Waals surface area contributed by atoms with Gasteiger partial charge in [0, 0.05) is 29.6 Å². The number of nitrogens with one attached hydrogen (secondary N) is 2. The molecule has 0 bridgehead atoms. The molecule has 1 fully saturated rings. The zero-order valence-electron chi connectivity index (χ0n) is 7.01. The first-order chi connectivity index (χ1) is 5.15. The predicted octanol–water partition coefficient (Wildman–Crippen LogP) is -1.00. The van der Waals surface area contributed by atoms with Gasteiger partial charge in [-0.05, 0) is 6.42 Å². The Hall–Kier alpha value is -0.390. The molecule has 1 radical (unpaired) electrons. The van der Waals surface area contributed by atoms with Crippen molar-refractivity contribution in [2.75, 3.05) is 0 Å². The molecule has 0 aromatic rings. The van der Waals surface area contributed by atoms with E-state index >= 15 is 0 Å². The van der Waals surface area contributed by atoms with Gasteiger partial charge in [-0.15, -0.1) is 0 Å². The van der Waals surface area contributed by atoms with Crippen LogP contribution < -0.4 is 10.6 Å². The largest absolute Gasteiger partial charge is 0.328 e. The summed E-state index contributed by atoms with van der Waals surface area (Å²) in [6, 6.07) is -0.732. The van der Waals surface area contributed by atoms with Gasteiger partial charge in [-0.1, -0.05) is 6.92 Å². The van der Waals surface area contributed by atoms with Gasteiger partial charge >= 0.3 is 6.03 Å². The molecule has 0 spiro atoms. The number of amides is 4. The summed E-state index contributed by atoms with van der Waals surface area (Å²) in [5.74, 6) is -1.74. The normalized spacial score (nSPS) is 17.9. The molecule has 1 aliphatic heterocycles. The molecule has 12 heavy (non-hydrogen) atoms. The second-order valence-corrected chi connectivity index (χ2v) is 2.27. The average molecular weight is 179 g/mol. The Morgan fingerprint density at radius 2 is 1.58 bits per heavy atom. The summed E-state index contributed by atoms with van der Waals surface area (Å²) in [5, 5.41) is 4.00. The van der Waals surface area contributed by atoms with Crippen LogP contribution >= 0.6 is 0 Å². The zero-order chi connectivity index (χ0) is 8.43. The molecule has 1 heterocycles. The third-order valence-electron chi connectivity index (χ3n) is 1.51. The van der Waals surface area contributed by atoms with E-state index in [0.29, 0.717) is 6.42 Å². The standard InChI is InChI=1S/C6H8N2O3.Na/c1-2-3-4(9)7-6(11)8-5(3)10;/h3H,2H2,1H3,(H2,7,8,9,10,11);. The Kier molecular flexibility index (Phi) is 4.44. The summed E-state index contributed by atoms with van der Waals surface area (Å²) in [7, 11) is 0. The van der Waals surface area contributed by atoms with Gasteiger partial charge in [-0.3, -0.25) is 20.2 Å². The number of urea groups is 1. The monoisotopic (exact) mass is 179 g/mol. The van der Waals surface area contributed by atoms with Crippen LogP contribution in [0.2, 0.25) is 0 Å². The third kappa shape index (κ3) is 2.30. The van der Waals surface area contributed by atoms with E-state index in [1.165, 1.54) is 0 Å². The van der Waals surface area contributed by atoms with Crippen LogP contribution in [0.1, 0.15) is 13.3 Å². The quantitative estimate of drug-likeness (QED) is 0.400. The smallest absolute Gasteiger partial charge is 0.277 e. The second kappa shape index (κ2) is 4.59. The molecule has 0 unspecified atom stereocenters. The maximum absolute atomic E-state index is 10.9. The first-order valence-corrected chi connectivity index (χ1v) is 3.31. The van der Waals surface area contributed by atoms with Crippen LogP contribution in [0.15, 0.2) is 0 Å². The summed E-state index contributed by atoms with van der Waals surface area (Å²) < 4.78 is 0. The fraction of sp³-hybridized carbons (Fsp3) is 0.500. The summed E-state index contributed by atoms with van der Waals surface area (Å²) in [4.78, 5) is 32.2. The first kappa shape index (κ1) is 11.6. The molecule has 1 aliphatic rings. The van der Waals surface area contributed by atoms with Gasteiger partial charge in [0.25, 0.3) is 0 Å². The number of hydrogen-bond donors (Lipinski definition) is 2. The van der Waals surface area contributed by atoms with Gasteiger partial charge < -0.3 is 0 Å². The summed E-state index contributed by atoms with van der Waals surface area (Å²) in [6.45, 7) is 1.71. The Labute approximate surface area is 91.6 Å². The average Bonchev–Trinajstić information content (AvgIpc) is 1.85. The molecule has 0 saturated carbocycles. The number of barbiturate groups is 1. The molecule has 0 aromatic carbocycles. The predicted molar refractivity (Wildman–Crippen MR) is 41.2 cm³/mol. The van der Waals surface area contributed by atoms with E-state index in [-0.39, 0.29) is 29.6 Å². The molecule has 0 atom stereocenters. The summed E-state index contributed by atoms with van der Waals surface area (Å²) >= 11 is 0. The number of rotatable bonds is 1. The molecule has 4 amide bonds. The van der Waals surface area contributed by atoms with Crippen molar-refractivity contribution in [2.24, 2.45) is 5.92 Å². The van der Waals surface area contributed by atoms with Gasteiger partial charge in [-0.25, -0.2) is 4.79 Å². The van der Waals surface area contributed by atoms with Crippen LogP contribution in [0.3, 0.4) is 0 Å². The van der Waals surface area contributed by atoms with E-state index < -0.39 is 23.8 Å². The van der Waals surface area contributed by atoms with Gasteiger partial charge in [0.1, 0.15) is 5.92 Å². The Balaban J connectivity index is 0.00000121. The van der Waals surface area contributed by atoms with Gasteiger partial charge in [-0.2, -0.15) is 0 Å². The van der Waals surface area contributed by atoms with E-state index in [1.54, 1.807) is 6.92 Å². The molecule has 61 valence electrons. The number of carbonyl (C=O) groups is 3. The Morgan fingerprint density at radius 1 is 1.17 bits per heavy atom. The minimum absolute atomic E-state index is 0. The van der Waals surface area contributed by atoms with Gasteiger partial charge in [0.05, 0.1) is 0 Å². The van der Waals surface area contributed by atoms with Gasteiger partial charge in [0.15, 0.2) is 0 Å². The van der Waals surface area contributed by atoms with E-state index in [1.807, 2.05) is 10.6 Å². The van der Waals surface area contributed by atoms with Gasteiger partial charge in [0.2, 0.25) is 11.8 Å². The van der Waals surface area contributed by atoms with E-state index in [9.17, 15) is 14.4 Å². The van der Waals surface area contributed by atoms with Crippen LogP contribution in [0, 0.1) is 5.92 Å². The van der Waals surface area contributed by atoms with Crippen LogP contribution in [0.25, 0.3) is 0 Å². The van der Waals surface area contributed by atoms with Crippen molar-refractivity contribution in [3.8, 4) is 0 Å². The van der Waals surface area contributed by atoms with Crippen molar-refractivity contribution in [3.63, 3.8) is 0 Å². The van der Waals surface area contributed by atoms with E-state index in [2.05, 4.69) is 0 Å². The summed E-state index contributed by atoms with van der Waals surface area (Å²) in [6.07, 6.45) is 0.408. The van der Waals surface area contributed by atoms with Crippen molar-refractivity contribution < 1.29 is 14.4 Å². The SMILES string of the molecule is CCC1C(=O)NC(=O)NC1=O.[Na]. The number of imide groups is 2.